The normalized spacial score (nSPS) is 10.7. The third-order valence-electron chi connectivity index (χ3n) is 4.29. The number of unbranched alkanes of at least 4 members (excludes halogenated alkanes) is 2. The van der Waals surface area contributed by atoms with Gasteiger partial charge in [-0.15, -0.1) is 0 Å². The lowest BCUT2D eigenvalue weighted by atomic mass is 10.1. The lowest BCUT2D eigenvalue weighted by molar-refractivity contribution is 0.0979. The Hall–Kier alpha value is -3.22. The van der Waals surface area contributed by atoms with Crippen molar-refractivity contribution in [2.24, 2.45) is 0 Å². The van der Waals surface area contributed by atoms with Gasteiger partial charge in [0.05, 0.1) is 18.9 Å². The molecule has 0 aliphatic carbocycles. The van der Waals surface area contributed by atoms with Gasteiger partial charge in [-0.2, -0.15) is 9.78 Å². The van der Waals surface area contributed by atoms with Crippen molar-refractivity contribution in [2.75, 3.05) is 7.11 Å². The molecular formula is C20H22N4O3. The monoisotopic (exact) mass is 366 g/mol. The van der Waals surface area contributed by atoms with Gasteiger partial charge in [0.2, 0.25) is 11.8 Å². The number of rotatable bonds is 8. The van der Waals surface area contributed by atoms with Crippen molar-refractivity contribution in [2.45, 2.75) is 32.6 Å². The Balaban J connectivity index is 1.79. The third-order valence-corrected chi connectivity index (χ3v) is 4.29. The maximum absolute atomic E-state index is 12.1. The van der Waals surface area contributed by atoms with Crippen LogP contribution < -0.4 is 4.74 Å². The molecule has 1 N–H and O–H groups in total. The SMILES string of the molecule is CCCCCC(=O)c1ccc(-n2ncc(-c3ccc(OC)nc3)c2O)nc1. The zero-order valence-corrected chi connectivity index (χ0v) is 15.4. The molecule has 7 nitrogen and oxygen atoms in total. The van der Waals surface area contributed by atoms with Gasteiger partial charge in [-0.3, -0.25) is 4.79 Å². The van der Waals surface area contributed by atoms with E-state index in [-0.39, 0.29) is 11.7 Å². The predicted octanol–water partition coefficient (Wildman–Crippen LogP) is 3.81. The summed E-state index contributed by atoms with van der Waals surface area (Å²) in [6.45, 7) is 2.10. The Labute approximate surface area is 157 Å². The molecule has 0 saturated carbocycles. The minimum atomic E-state index is -0.0449. The Morgan fingerprint density at radius 2 is 1.96 bits per heavy atom. The third kappa shape index (κ3) is 4.13. The van der Waals surface area contributed by atoms with Crippen molar-refractivity contribution in [1.29, 1.82) is 0 Å². The van der Waals surface area contributed by atoms with Gasteiger partial charge in [-0.1, -0.05) is 19.8 Å². The summed E-state index contributed by atoms with van der Waals surface area (Å²) in [6, 6.07) is 6.89. The first-order valence-electron chi connectivity index (χ1n) is 8.91. The van der Waals surface area contributed by atoms with Crippen LogP contribution in [0.4, 0.5) is 0 Å². The van der Waals surface area contributed by atoms with Gasteiger partial charge < -0.3 is 9.84 Å². The van der Waals surface area contributed by atoms with E-state index in [0.29, 0.717) is 34.8 Å². The van der Waals surface area contributed by atoms with Crippen molar-refractivity contribution in [3.8, 4) is 28.7 Å². The fourth-order valence-electron chi connectivity index (χ4n) is 2.73. The number of pyridine rings is 2. The van der Waals surface area contributed by atoms with Crippen molar-refractivity contribution in [3.05, 3.63) is 48.4 Å². The highest BCUT2D eigenvalue weighted by Gasteiger charge is 2.15. The first kappa shape index (κ1) is 18.6. The number of hydrogen-bond donors (Lipinski definition) is 1. The zero-order valence-electron chi connectivity index (χ0n) is 15.4. The van der Waals surface area contributed by atoms with E-state index in [9.17, 15) is 9.90 Å². The highest BCUT2D eigenvalue weighted by Crippen LogP contribution is 2.30. The molecule has 0 saturated heterocycles. The highest BCUT2D eigenvalue weighted by molar-refractivity contribution is 5.95. The fourth-order valence-corrected chi connectivity index (χ4v) is 2.73. The summed E-state index contributed by atoms with van der Waals surface area (Å²) in [7, 11) is 1.54. The number of ketones is 1. The number of carbonyl (C=O) groups is 1. The molecule has 3 aromatic heterocycles. The quantitative estimate of drug-likeness (QED) is 0.482. The van der Waals surface area contributed by atoms with E-state index in [1.54, 1.807) is 43.8 Å². The molecule has 0 spiro atoms. The minimum absolute atomic E-state index is 0.0449. The van der Waals surface area contributed by atoms with Crippen LogP contribution in [0.15, 0.2) is 42.9 Å². The molecule has 0 aromatic carbocycles. The van der Waals surface area contributed by atoms with Crippen molar-refractivity contribution < 1.29 is 14.6 Å². The number of aromatic nitrogens is 4. The number of aromatic hydroxyl groups is 1. The summed E-state index contributed by atoms with van der Waals surface area (Å²) < 4.78 is 6.36. The maximum atomic E-state index is 12.1. The van der Waals surface area contributed by atoms with Gasteiger partial charge in [-0.05, 0) is 24.6 Å². The van der Waals surface area contributed by atoms with Crippen LogP contribution in [0.2, 0.25) is 0 Å². The fraction of sp³-hybridized carbons (Fsp3) is 0.300. The molecule has 0 fully saturated rings. The lowest BCUT2D eigenvalue weighted by Gasteiger charge is -2.05. The van der Waals surface area contributed by atoms with Gasteiger partial charge in [0.25, 0.3) is 0 Å². The number of methoxy groups -OCH3 is 1. The van der Waals surface area contributed by atoms with Crippen LogP contribution in [-0.2, 0) is 0 Å². The van der Waals surface area contributed by atoms with E-state index < -0.39 is 0 Å². The highest BCUT2D eigenvalue weighted by atomic mass is 16.5. The number of nitrogens with zero attached hydrogens (tertiary/aromatic N) is 4. The average molecular weight is 366 g/mol. The molecule has 3 aromatic rings. The van der Waals surface area contributed by atoms with E-state index in [0.717, 1.165) is 19.3 Å². The van der Waals surface area contributed by atoms with Crippen LogP contribution in [0.1, 0.15) is 43.0 Å². The Bertz CT molecular complexity index is 902. The molecule has 3 heterocycles. The van der Waals surface area contributed by atoms with Crippen LogP contribution >= 0.6 is 0 Å². The topological polar surface area (TPSA) is 90.1 Å². The predicted molar refractivity (Wildman–Crippen MR) is 101 cm³/mol. The number of ether oxygens (including phenoxy) is 1. The van der Waals surface area contributed by atoms with E-state index >= 15 is 0 Å². The number of hydrogen-bond acceptors (Lipinski definition) is 6. The van der Waals surface area contributed by atoms with E-state index in [1.165, 1.54) is 10.9 Å². The molecule has 3 rings (SSSR count). The summed E-state index contributed by atoms with van der Waals surface area (Å²) in [4.78, 5) is 20.6. The van der Waals surface area contributed by atoms with Gasteiger partial charge >= 0.3 is 0 Å². The largest absolute Gasteiger partial charge is 0.493 e. The van der Waals surface area contributed by atoms with Crippen LogP contribution in [0.5, 0.6) is 11.8 Å². The molecule has 0 aliphatic heterocycles. The Morgan fingerprint density at radius 3 is 2.59 bits per heavy atom. The molecule has 27 heavy (non-hydrogen) atoms. The second-order valence-electron chi connectivity index (χ2n) is 6.17. The van der Waals surface area contributed by atoms with Crippen LogP contribution in [0, 0.1) is 0 Å². The van der Waals surface area contributed by atoms with E-state index in [1.807, 2.05) is 0 Å². The molecule has 0 atom stereocenters. The molecular weight excluding hydrogens is 344 g/mol. The molecule has 140 valence electrons. The molecule has 0 radical (unpaired) electrons. The van der Waals surface area contributed by atoms with Gasteiger partial charge in [0.1, 0.15) is 0 Å². The zero-order chi connectivity index (χ0) is 19.2. The molecule has 7 heteroatoms. The van der Waals surface area contributed by atoms with E-state index in [2.05, 4.69) is 22.0 Å². The molecule has 0 aliphatic rings. The number of Topliss-reactive ketones (excluding diaryl/α,β-unsaturated/α-hetero) is 1. The van der Waals surface area contributed by atoms with Gasteiger partial charge in [0.15, 0.2) is 11.6 Å². The molecule has 0 bridgehead atoms. The van der Waals surface area contributed by atoms with Crippen molar-refractivity contribution in [1.82, 2.24) is 19.7 Å². The summed E-state index contributed by atoms with van der Waals surface area (Å²) in [5.41, 5.74) is 1.81. The summed E-state index contributed by atoms with van der Waals surface area (Å²) in [5.74, 6) is 0.963. The van der Waals surface area contributed by atoms with Crippen LogP contribution in [0.3, 0.4) is 0 Å². The van der Waals surface area contributed by atoms with E-state index in [4.69, 9.17) is 4.74 Å². The smallest absolute Gasteiger partial charge is 0.223 e. The molecule has 0 amide bonds. The molecule has 0 unspecified atom stereocenters. The summed E-state index contributed by atoms with van der Waals surface area (Å²) >= 11 is 0. The maximum Gasteiger partial charge on any atom is 0.223 e. The second-order valence-corrected chi connectivity index (χ2v) is 6.17. The number of carbonyl (C=O) groups excluding carboxylic acids is 1. The standard InChI is InChI=1S/C20H22N4O3/c1-3-4-5-6-17(25)15-7-9-18(21-12-15)24-20(26)16(13-23-24)14-8-10-19(27-2)22-11-14/h7-13,26H,3-6H2,1-2H3. The first-order valence-corrected chi connectivity index (χ1v) is 8.91. The summed E-state index contributed by atoms with van der Waals surface area (Å²) in [5, 5.41) is 14.7. The van der Waals surface area contributed by atoms with Gasteiger partial charge in [-0.25, -0.2) is 9.97 Å². The summed E-state index contributed by atoms with van der Waals surface area (Å²) in [6.07, 6.45) is 8.21. The Kier molecular flexibility index (Phi) is 5.80. The minimum Gasteiger partial charge on any atom is -0.493 e. The second kappa shape index (κ2) is 8.44. The van der Waals surface area contributed by atoms with Crippen LogP contribution in [0.25, 0.3) is 16.9 Å². The van der Waals surface area contributed by atoms with Crippen LogP contribution in [-0.4, -0.2) is 37.7 Å². The van der Waals surface area contributed by atoms with Crippen molar-refractivity contribution in [3.63, 3.8) is 0 Å². The average Bonchev–Trinajstić information content (AvgIpc) is 3.09. The van der Waals surface area contributed by atoms with Gasteiger partial charge in [0, 0.05) is 36.0 Å². The Morgan fingerprint density at radius 1 is 1.11 bits per heavy atom. The first-order chi connectivity index (χ1) is 13.1. The lowest BCUT2D eigenvalue weighted by Crippen LogP contribution is -2.03. The van der Waals surface area contributed by atoms with Crippen molar-refractivity contribution >= 4 is 5.78 Å².